The number of benzene rings is 3. The highest BCUT2D eigenvalue weighted by Gasteiger charge is 2.32. The zero-order valence-electron chi connectivity index (χ0n) is 17.6. The summed E-state index contributed by atoms with van der Waals surface area (Å²) >= 11 is 0. The number of nitrogens with one attached hydrogen (secondary N) is 1. The van der Waals surface area contributed by atoms with Crippen LogP contribution in [-0.2, 0) is 10.9 Å². The quantitative estimate of drug-likeness (QED) is 0.372. The van der Waals surface area contributed by atoms with Crippen LogP contribution in [0.4, 0.5) is 24.7 Å². The molecule has 172 valence electrons. The molecule has 0 fully saturated rings. The van der Waals surface area contributed by atoms with E-state index in [1.54, 1.807) is 48.5 Å². The molecule has 1 heterocycles. The zero-order chi connectivity index (χ0) is 24.5. The van der Waals surface area contributed by atoms with E-state index in [0.717, 1.165) is 12.1 Å². The number of fused-ring (bicyclic) bond motifs is 1. The topological polar surface area (TPSA) is 101 Å². The number of hydrogen-bond donors (Lipinski definition) is 2. The van der Waals surface area contributed by atoms with Gasteiger partial charge in [0.25, 0.3) is 0 Å². The van der Waals surface area contributed by atoms with E-state index in [9.17, 15) is 27.9 Å². The van der Waals surface area contributed by atoms with Crippen molar-refractivity contribution < 1.29 is 32.6 Å². The van der Waals surface area contributed by atoms with Crippen molar-refractivity contribution in [2.75, 3.05) is 12.4 Å². The van der Waals surface area contributed by atoms with Crippen LogP contribution < -0.4 is 5.32 Å². The molecule has 34 heavy (non-hydrogen) atoms. The van der Waals surface area contributed by atoms with Gasteiger partial charge in [-0.1, -0.05) is 36.4 Å². The molecule has 4 aromatic rings. The molecule has 3 aromatic carbocycles. The minimum absolute atomic E-state index is 0.0955. The Morgan fingerprint density at radius 2 is 1.59 bits per heavy atom. The summed E-state index contributed by atoms with van der Waals surface area (Å²) in [6.07, 6.45) is -4.73. The van der Waals surface area contributed by atoms with Crippen molar-refractivity contribution in [1.29, 1.82) is 0 Å². The first-order chi connectivity index (χ1) is 16.2. The third-order valence-electron chi connectivity index (χ3n) is 5.04. The SMILES string of the molecule is COC(=O)c1ccc(-c2nnc(Nc3cc(C(=O)O)cc(C(F)(F)F)c3)c3ccccc23)cc1. The minimum Gasteiger partial charge on any atom is -0.478 e. The number of carbonyl (C=O) groups is 2. The van der Waals surface area contributed by atoms with Gasteiger partial charge in [-0.15, -0.1) is 10.2 Å². The van der Waals surface area contributed by atoms with Crippen molar-refractivity contribution in [1.82, 2.24) is 10.2 Å². The Balaban J connectivity index is 1.77. The molecule has 0 atom stereocenters. The Kier molecular flexibility index (Phi) is 5.89. The Bertz CT molecular complexity index is 1400. The van der Waals surface area contributed by atoms with Crippen LogP contribution in [0.15, 0.2) is 66.7 Å². The third kappa shape index (κ3) is 4.51. The summed E-state index contributed by atoms with van der Waals surface area (Å²) in [6, 6.07) is 16.0. The van der Waals surface area contributed by atoms with Gasteiger partial charge in [0.15, 0.2) is 5.82 Å². The van der Waals surface area contributed by atoms with E-state index in [-0.39, 0.29) is 11.5 Å². The van der Waals surface area contributed by atoms with E-state index in [1.807, 2.05) is 0 Å². The molecule has 4 rings (SSSR count). The van der Waals surface area contributed by atoms with E-state index in [0.29, 0.717) is 33.7 Å². The predicted octanol–water partition coefficient (Wildman–Crippen LogP) is 5.54. The summed E-state index contributed by atoms with van der Waals surface area (Å²) in [5.74, 6) is -1.82. The number of nitrogens with zero attached hydrogens (tertiary/aromatic N) is 2. The molecule has 0 aliphatic heterocycles. The van der Waals surface area contributed by atoms with E-state index in [4.69, 9.17) is 4.74 Å². The van der Waals surface area contributed by atoms with Gasteiger partial charge in [0.1, 0.15) is 5.69 Å². The smallest absolute Gasteiger partial charge is 0.416 e. The van der Waals surface area contributed by atoms with Gasteiger partial charge < -0.3 is 15.2 Å². The number of esters is 1. The molecule has 0 bridgehead atoms. The molecule has 0 saturated heterocycles. The van der Waals surface area contributed by atoms with Gasteiger partial charge in [-0.3, -0.25) is 0 Å². The number of aromatic nitrogens is 2. The van der Waals surface area contributed by atoms with Crippen molar-refractivity contribution in [2.24, 2.45) is 0 Å². The van der Waals surface area contributed by atoms with Crippen LogP contribution >= 0.6 is 0 Å². The van der Waals surface area contributed by atoms with Gasteiger partial charge >= 0.3 is 18.1 Å². The van der Waals surface area contributed by atoms with Gasteiger partial charge in [-0.25, -0.2) is 9.59 Å². The van der Waals surface area contributed by atoms with E-state index in [2.05, 4.69) is 15.5 Å². The molecule has 0 saturated carbocycles. The standard InChI is InChI=1S/C24H16F3N3O4/c1-34-23(33)14-8-6-13(7-9-14)20-18-4-2-3-5-19(18)21(30-29-20)28-17-11-15(22(31)32)10-16(12-17)24(25,26)27/h2-12H,1H3,(H,28,30)(H,31,32). The first-order valence-electron chi connectivity index (χ1n) is 9.84. The molecule has 0 aliphatic carbocycles. The highest BCUT2D eigenvalue weighted by Crippen LogP contribution is 2.35. The van der Waals surface area contributed by atoms with E-state index >= 15 is 0 Å². The van der Waals surface area contributed by atoms with Gasteiger partial charge in [-0.2, -0.15) is 13.2 Å². The second-order valence-electron chi connectivity index (χ2n) is 7.24. The normalized spacial score (nSPS) is 11.3. The van der Waals surface area contributed by atoms with Crippen LogP contribution in [0, 0.1) is 0 Å². The molecule has 10 heteroatoms. The number of carboxylic acids is 1. The molecule has 0 spiro atoms. The van der Waals surface area contributed by atoms with E-state index < -0.39 is 29.2 Å². The number of methoxy groups -OCH3 is 1. The molecule has 7 nitrogen and oxygen atoms in total. The molecular weight excluding hydrogens is 451 g/mol. The number of carboxylic acid groups (broad SMARTS) is 1. The second kappa shape index (κ2) is 8.81. The lowest BCUT2D eigenvalue weighted by molar-refractivity contribution is -0.137. The Hall–Kier alpha value is -4.47. The van der Waals surface area contributed by atoms with Crippen LogP contribution in [0.1, 0.15) is 26.3 Å². The number of hydrogen-bond acceptors (Lipinski definition) is 6. The highest BCUT2D eigenvalue weighted by molar-refractivity contribution is 6.01. The van der Waals surface area contributed by atoms with Crippen molar-refractivity contribution >= 4 is 34.2 Å². The average Bonchev–Trinajstić information content (AvgIpc) is 2.83. The van der Waals surface area contributed by atoms with Crippen LogP contribution in [0.3, 0.4) is 0 Å². The number of rotatable bonds is 5. The summed E-state index contributed by atoms with van der Waals surface area (Å²) in [6.45, 7) is 0. The highest BCUT2D eigenvalue weighted by atomic mass is 19.4. The van der Waals surface area contributed by atoms with Crippen LogP contribution in [0.25, 0.3) is 22.0 Å². The first kappa shape index (κ1) is 22.7. The monoisotopic (exact) mass is 467 g/mol. The second-order valence-corrected chi connectivity index (χ2v) is 7.24. The largest absolute Gasteiger partial charge is 0.478 e. The van der Waals surface area contributed by atoms with Crippen LogP contribution in [-0.4, -0.2) is 34.4 Å². The lowest BCUT2D eigenvalue weighted by atomic mass is 10.0. The summed E-state index contributed by atoms with van der Waals surface area (Å²) in [5.41, 5.74) is -0.197. The molecule has 1 aromatic heterocycles. The summed E-state index contributed by atoms with van der Waals surface area (Å²) in [5, 5.41) is 21.6. The maximum absolute atomic E-state index is 13.3. The lowest BCUT2D eigenvalue weighted by Crippen LogP contribution is -2.09. The zero-order valence-corrected chi connectivity index (χ0v) is 17.6. The number of ether oxygens (including phenoxy) is 1. The Morgan fingerprint density at radius 3 is 2.21 bits per heavy atom. The minimum atomic E-state index is -4.73. The number of aromatic carboxylic acids is 1. The number of carbonyl (C=O) groups excluding carboxylic acids is 1. The van der Waals surface area contributed by atoms with Crippen molar-refractivity contribution in [3.63, 3.8) is 0 Å². The Labute approximate surface area is 190 Å². The number of alkyl halides is 3. The maximum atomic E-state index is 13.3. The lowest BCUT2D eigenvalue weighted by Gasteiger charge is -2.14. The fourth-order valence-corrected chi connectivity index (χ4v) is 3.42. The molecule has 2 N–H and O–H groups in total. The fraction of sp³-hybridized carbons (Fsp3) is 0.0833. The molecule has 0 radical (unpaired) electrons. The van der Waals surface area contributed by atoms with Crippen LogP contribution in [0.5, 0.6) is 0 Å². The van der Waals surface area contributed by atoms with Gasteiger partial charge in [0, 0.05) is 22.0 Å². The molecule has 0 amide bonds. The number of halogens is 3. The number of anilines is 2. The summed E-state index contributed by atoms with van der Waals surface area (Å²) in [7, 11) is 1.28. The van der Waals surface area contributed by atoms with Crippen molar-refractivity contribution in [3.8, 4) is 11.3 Å². The summed E-state index contributed by atoms with van der Waals surface area (Å²) in [4.78, 5) is 23.0. The van der Waals surface area contributed by atoms with Crippen molar-refractivity contribution in [2.45, 2.75) is 6.18 Å². The Morgan fingerprint density at radius 1 is 0.912 bits per heavy atom. The molecule has 0 unspecified atom stereocenters. The van der Waals surface area contributed by atoms with E-state index in [1.165, 1.54) is 7.11 Å². The predicted molar refractivity (Wildman–Crippen MR) is 118 cm³/mol. The first-order valence-corrected chi connectivity index (χ1v) is 9.84. The molecule has 0 aliphatic rings. The summed E-state index contributed by atoms with van der Waals surface area (Å²) < 4.78 is 44.5. The van der Waals surface area contributed by atoms with Gasteiger partial charge in [-0.05, 0) is 30.3 Å². The third-order valence-corrected chi connectivity index (χ3v) is 5.04. The van der Waals surface area contributed by atoms with Crippen molar-refractivity contribution in [3.05, 3.63) is 83.4 Å². The fourth-order valence-electron chi connectivity index (χ4n) is 3.42. The molecular formula is C24H16F3N3O4. The maximum Gasteiger partial charge on any atom is 0.416 e. The van der Waals surface area contributed by atoms with Gasteiger partial charge in [0.2, 0.25) is 0 Å². The van der Waals surface area contributed by atoms with Crippen LogP contribution in [0.2, 0.25) is 0 Å². The van der Waals surface area contributed by atoms with Gasteiger partial charge in [0.05, 0.1) is 23.8 Å². The average molecular weight is 467 g/mol.